The number of azide groups is 1. The molecule has 10 nitrogen and oxygen atoms in total. The van der Waals surface area contributed by atoms with Gasteiger partial charge in [-0.3, -0.25) is 19.3 Å². The molecule has 0 aliphatic carbocycles. The lowest BCUT2D eigenvalue weighted by Crippen LogP contribution is -2.46. The summed E-state index contributed by atoms with van der Waals surface area (Å²) in [5.41, 5.74) is 8.07. The van der Waals surface area contributed by atoms with Crippen LogP contribution in [-0.2, 0) is 14.4 Å². The summed E-state index contributed by atoms with van der Waals surface area (Å²) in [6, 6.07) is -1.20. The zero-order valence-corrected chi connectivity index (χ0v) is 11.9. The Balaban J connectivity index is 0. The van der Waals surface area contributed by atoms with Crippen molar-refractivity contribution in [1.29, 1.82) is 0 Å². The molecule has 120 valence electrons. The van der Waals surface area contributed by atoms with Crippen LogP contribution in [-0.4, -0.2) is 63.8 Å². The van der Waals surface area contributed by atoms with Gasteiger partial charge in [-0.2, -0.15) is 0 Å². The first-order valence-electron chi connectivity index (χ1n) is 5.79. The van der Waals surface area contributed by atoms with Crippen LogP contribution < -0.4 is 0 Å². The molecule has 1 atom stereocenters. The topological polar surface area (TPSA) is 164 Å². The minimum atomic E-state index is -1.30. The van der Waals surface area contributed by atoms with E-state index < -0.39 is 37.0 Å². The van der Waals surface area contributed by atoms with E-state index in [1.54, 1.807) is 0 Å². The van der Waals surface area contributed by atoms with Crippen molar-refractivity contribution >= 4 is 30.3 Å². The summed E-state index contributed by atoms with van der Waals surface area (Å²) in [6.45, 7) is -1.13. The fourth-order valence-electron chi connectivity index (χ4n) is 1.65. The molecule has 0 spiro atoms. The average Bonchev–Trinajstić information content (AvgIpc) is 2.31. The quantitative estimate of drug-likeness (QED) is 0.219. The van der Waals surface area contributed by atoms with Gasteiger partial charge in [-0.15, -0.1) is 12.4 Å². The Hall–Kier alpha value is -2.03. The van der Waals surface area contributed by atoms with Crippen LogP contribution in [0.4, 0.5) is 0 Å². The number of carbonyl (C=O) groups is 3. The van der Waals surface area contributed by atoms with E-state index in [1.807, 2.05) is 0 Å². The summed E-state index contributed by atoms with van der Waals surface area (Å²) in [5, 5.41) is 29.7. The van der Waals surface area contributed by atoms with Crippen molar-refractivity contribution in [2.24, 2.45) is 5.11 Å². The molecular weight excluding hydrogens is 308 g/mol. The number of carboxylic acids is 3. The Kier molecular flexibility index (Phi) is 11.9. The van der Waals surface area contributed by atoms with Crippen molar-refractivity contribution in [3.63, 3.8) is 0 Å². The summed E-state index contributed by atoms with van der Waals surface area (Å²) in [5.74, 6) is -3.88. The molecule has 0 fully saturated rings. The van der Waals surface area contributed by atoms with E-state index >= 15 is 0 Å². The van der Waals surface area contributed by atoms with Crippen LogP contribution in [0.2, 0.25) is 0 Å². The number of hydrogen-bond donors (Lipinski definition) is 3. The zero-order chi connectivity index (χ0) is 15.5. The van der Waals surface area contributed by atoms with Crippen LogP contribution in [0.5, 0.6) is 0 Å². The summed E-state index contributed by atoms with van der Waals surface area (Å²) in [6.07, 6.45) is 0.907. The molecule has 21 heavy (non-hydrogen) atoms. The normalized spacial score (nSPS) is 11.1. The molecule has 0 aromatic heterocycles. The Morgan fingerprint density at radius 2 is 1.62 bits per heavy atom. The largest absolute Gasteiger partial charge is 0.480 e. The van der Waals surface area contributed by atoms with Gasteiger partial charge in [0.15, 0.2) is 0 Å². The van der Waals surface area contributed by atoms with E-state index in [2.05, 4.69) is 10.0 Å². The summed E-state index contributed by atoms with van der Waals surface area (Å²) in [7, 11) is 0. The smallest absolute Gasteiger partial charge is 0.320 e. The highest BCUT2D eigenvalue weighted by Gasteiger charge is 2.28. The molecule has 0 aromatic rings. The number of carboxylic acid groups (broad SMARTS) is 3. The molecular formula is C10H17ClN4O6. The second-order valence-electron chi connectivity index (χ2n) is 4.00. The first kappa shape index (κ1) is 21.3. The predicted molar refractivity (Wildman–Crippen MR) is 73.4 cm³/mol. The molecule has 3 N–H and O–H groups in total. The molecule has 0 radical (unpaired) electrons. The SMILES string of the molecule is Cl.[N-]=[N+]=NCCCC[C@@H](C(=O)O)N(CC(=O)O)CC(=O)O. The van der Waals surface area contributed by atoms with Gasteiger partial charge < -0.3 is 15.3 Å². The number of aliphatic carboxylic acids is 3. The molecule has 0 aliphatic heterocycles. The van der Waals surface area contributed by atoms with E-state index in [4.69, 9.17) is 20.9 Å². The highest BCUT2D eigenvalue weighted by atomic mass is 35.5. The van der Waals surface area contributed by atoms with Crippen molar-refractivity contribution in [3.05, 3.63) is 10.4 Å². The van der Waals surface area contributed by atoms with E-state index in [1.165, 1.54) is 0 Å². The molecule has 0 saturated heterocycles. The van der Waals surface area contributed by atoms with Gasteiger partial charge in [-0.1, -0.05) is 11.5 Å². The highest BCUT2D eigenvalue weighted by molar-refractivity contribution is 5.85. The maximum absolute atomic E-state index is 11.1. The van der Waals surface area contributed by atoms with E-state index in [-0.39, 0.29) is 25.4 Å². The van der Waals surface area contributed by atoms with Gasteiger partial charge in [0.2, 0.25) is 0 Å². The second-order valence-corrected chi connectivity index (χ2v) is 4.00. The molecule has 0 aliphatic rings. The predicted octanol–water partition coefficient (Wildman–Crippen LogP) is 0.813. The lowest BCUT2D eigenvalue weighted by atomic mass is 10.1. The minimum Gasteiger partial charge on any atom is -0.480 e. The number of unbranched alkanes of at least 4 members (excludes halogenated alkanes) is 1. The van der Waals surface area contributed by atoms with Crippen LogP contribution in [0.15, 0.2) is 5.11 Å². The highest BCUT2D eigenvalue weighted by Crippen LogP contribution is 2.10. The van der Waals surface area contributed by atoms with Crippen molar-refractivity contribution in [1.82, 2.24) is 4.90 Å². The van der Waals surface area contributed by atoms with Gasteiger partial charge in [0, 0.05) is 11.5 Å². The van der Waals surface area contributed by atoms with Crippen molar-refractivity contribution in [2.45, 2.75) is 25.3 Å². The summed E-state index contributed by atoms with van der Waals surface area (Å²) in [4.78, 5) is 35.8. The van der Waals surface area contributed by atoms with Gasteiger partial charge in [0.25, 0.3) is 0 Å². The van der Waals surface area contributed by atoms with Crippen molar-refractivity contribution < 1.29 is 29.7 Å². The Bertz CT molecular complexity index is 396. The van der Waals surface area contributed by atoms with Crippen LogP contribution in [0.25, 0.3) is 10.4 Å². The lowest BCUT2D eigenvalue weighted by Gasteiger charge is -2.25. The van der Waals surface area contributed by atoms with E-state index in [0.717, 1.165) is 4.90 Å². The third-order valence-electron chi connectivity index (χ3n) is 2.45. The molecule has 0 saturated carbocycles. The Morgan fingerprint density at radius 1 is 1.10 bits per heavy atom. The molecule has 0 amide bonds. The first-order chi connectivity index (χ1) is 9.38. The molecule has 0 aromatic carbocycles. The monoisotopic (exact) mass is 324 g/mol. The van der Waals surface area contributed by atoms with Gasteiger partial charge in [0.05, 0.1) is 13.1 Å². The Morgan fingerprint density at radius 3 is 2.00 bits per heavy atom. The van der Waals surface area contributed by atoms with E-state index in [0.29, 0.717) is 12.8 Å². The fourth-order valence-corrected chi connectivity index (χ4v) is 1.65. The van der Waals surface area contributed by atoms with Crippen LogP contribution in [0.3, 0.4) is 0 Å². The number of rotatable bonds is 11. The molecule has 0 rings (SSSR count). The summed E-state index contributed by atoms with van der Waals surface area (Å²) >= 11 is 0. The standard InChI is InChI=1S/C10H16N4O6.ClH/c11-13-12-4-2-1-3-7(10(19)20)14(5-8(15)16)6-9(17)18;/h7H,1-6H2,(H,15,16)(H,17,18)(H,19,20);1H/t7-;/m0./s1. The van der Waals surface area contributed by atoms with Crippen molar-refractivity contribution in [3.8, 4) is 0 Å². The second kappa shape index (κ2) is 11.8. The maximum atomic E-state index is 11.1. The minimum absolute atomic E-state index is 0. The summed E-state index contributed by atoms with van der Waals surface area (Å²) < 4.78 is 0. The molecule has 0 unspecified atom stereocenters. The van der Waals surface area contributed by atoms with Gasteiger partial charge in [-0.25, -0.2) is 0 Å². The molecule has 0 heterocycles. The number of hydrogen-bond acceptors (Lipinski definition) is 5. The maximum Gasteiger partial charge on any atom is 0.320 e. The molecule has 0 bridgehead atoms. The lowest BCUT2D eigenvalue weighted by molar-refractivity contribution is -0.149. The van der Waals surface area contributed by atoms with Crippen molar-refractivity contribution in [2.75, 3.05) is 19.6 Å². The Labute approximate surface area is 126 Å². The van der Waals surface area contributed by atoms with Crippen LogP contribution >= 0.6 is 12.4 Å². The average molecular weight is 325 g/mol. The first-order valence-corrected chi connectivity index (χ1v) is 5.79. The van der Waals surface area contributed by atoms with Gasteiger partial charge >= 0.3 is 17.9 Å². The third kappa shape index (κ3) is 10.4. The zero-order valence-electron chi connectivity index (χ0n) is 11.1. The molecule has 11 heteroatoms. The fraction of sp³-hybridized carbons (Fsp3) is 0.700. The van der Waals surface area contributed by atoms with Crippen LogP contribution in [0, 0.1) is 0 Å². The van der Waals surface area contributed by atoms with Gasteiger partial charge in [0.1, 0.15) is 6.04 Å². The number of halogens is 1. The van der Waals surface area contributed by atoms with Gasteiger partial charge in [-0.05, 0) is 18.4 Å². The van der Waals surface area contributed by atoms with Crippen LogP contribution in [0.1, 0.15) is 19.3 Å². The third-order valence-corrected chi connectivity index (χ3v) is 2.45. The van der Waals surface area contributed by atoms with E-state index in [9.17, 15) is 14.4 Å². The number of nitrogens with zero attached hydrogens (tertiary/aromatic N) is 4.